The predicted molar refractivity (Wildman–Crippen MR) is 65.0 cm³/mol. The summed E-state index contributed by atoms with van der Waals surface area (Å²) in [7, 11) is 0. The van der Waals surface area contributed by atoms with Gasteiger partial charge in [-0.2, -0.15) is 8.75 Å². The van der Waals surface area contributed by atoms with Crippen molar-refractivity contribution in [3.8, 4) is 0 Å². The molecule has 1 atom stereocenters. The topological polar surface area (TPSA) is 56.4 Å². The van der Waals surface area contributed by atoms with Crippen molar-refractivity contribution in [2.24, 2.45) is 0 Å². The van der Waals surface area contributed by atoms with Crippen LogP contribution in [0.2, 0.25) is 5.02 Å². The van der Waals surface area contributed by atoms with E-state index in [9.17, 15) is 0 Å². The van der Waals surface area contributed by atoms with Crippen molar-refractivity contribution in [1.29, 1.82) is 0 Å². The van der Waals surface area contributed by atoms with E-state index in [2.05, 4.69) is 19.5 Å². The minimum absolute atomic E-state index is 0.681. The molecule has 0 aliphatic carbocycles. The van der Waals surface area contributed by atoms with E-state index in [1.54, 1.807) is 0 Å². The minimum atomic E-state index is 0.681. The van der Waals surface area contributed by atoms with Crippen LogP contribution in [0.3, 0.4) is 0 Å². The number of hydrogen-bond acceptors (Lipinski definition) is 4. The quantitative estimate of drug-likeness (QED) is 0.857. The molecular formula is C9H10ClN5S. The van der Waals surface area contributed by atoms with Gasteiger partial charge in [0.2, 0.25) is 0 Å². The average Bonchev–Trinajstić information content (AvgIpc) is 2.66. The summed E-state index contributed by atoms with van der Waals surface area (Å²) in [5.41, 5.74) is 6.85. The first-order valence-electron chi connectivity index (χ1n) is 5.01. The molecule has 84 valence electrons. The van der Waals surface area contributed by atoms with E-state index in [1.165, 1.54) is 16.7 Å². The number of quaternary nitrogens is 1. The van der Waals surface area contributed by atoms with E-state index in [0.29, 0.717) is 5.02 Å². The van der Waals surface area contributed by atoms with E-state index in [-0.39, 0.29) is 0 Å². The highest BCUT2D eigenvalue weighted by atomic mass is 35.5. The van der Waals surface area contributed by atoms with Gasteiger partial charge in [-0.05, 0) is 12.1 Å². The molecule has 1 aliphatic heterocycles. The van der Waals surface area contributed by atoms with Gasteiger partial charge in [0.05, 0.1) is 29.0 Å². The third kappa shape index (κ3) is 1.73. The van der Waals surface area contributed by atoms with Crippen LogP contribution < -0.4 is 10.3 Å². The van der Waals surface area contributed by atoms with Gasteiger partial charge in [-0.25, -0.2) is 0 Å². The van der Waals surface area contributed by atoms with Gasteiger partial charge in [0.1, 0.15) is 17.7 Å². The van der Waals surface area contributed by atoms with Gasteiger partial charge in [0, 0.05) is 0 Å². The molecule has 0 amide bonds. The fourth-order valence-electron chi connectivity index (χ4n) is 1.60. The molecule has 1 unspecified atom stereocenters. The van der Waals surface area contributed by atoms with Crippen LogP contribution in [0.15, 0.2) is 12.1 Å². The average molecular weight is 256 g/mol. The van der Waals surface area contributed by atoms with Gasteiger partial charge >= 0.3 is 0 Å². The van der Waals surface area contributed by atoms with Crippen molar-refractivity contribution in [3.63, 3.8) is 0 Å². The molecule has 2 N–H and O–H groups in total. The Kier molecular flexibility index (Phi) is 2.64. The van der Waals surface area contributed by atoms with Gasteiger partial charge in [-0.3, -0.25) is 0 Å². The Morgan fingerprint density at radius 2 is 2.38 bits per heavy atom. The smallest absolute Gasteiger partial charge is 0.141 e. The Balaban J connectivity index is 1.87. The van der Waals surface area contributed by atoms with Crippen LogP contribution in [0.1, 0.15) is 0 Å². The second-order valence-electron chi connectivity index (χ2n) is 3.61. The van der Waals surface area contributed by atoms with E-state index in [1.807, 2.05) is 12.1 Å². The zero-order chi connectivity index (χ0) is 11.0. The second kappa shape index (κ2) is 4.14. The lowest BCUT2D eigenvalue weighted by atomic mass is 10.2. The Hall–Kier alpha value is -0.950. The number of hydrogen-bond donors (Lipinski definition) is 2. The van der Waals surface area contributed by atoms with Crippen molar-refractivity contribution in [2.75, 3.05) is 25.1 Å². The highest BCUT2D eigenvalue weighted by Crippen LogP contribution is 2.29. The van der Waals surface area contributed by atoms with Crippen LogP contribution in [0, 0.1) is 0 Å². The second-order valence-corrected chi connectivity index (χ2v) is 4.54. The lowest BCUT2D eigenvalue weighted by Crippen LogP contribution is -3.15. The van der Waals surface area contributed by atoms with E-state index < -0.39 is 0 Å². The molecule has 1 aromatic heterocycles. The van der Waals surface area contributed by atoms with E-state index >= 15 is 0 Å². The fraction of sp³-hybridized carbons (Fsp3) is 0.333. The lowest BCUT2D eigenvalue weighted by molar-refractivity contribution is -0.889. The van der Waals surface area contributed by atoms with Crippen LogP contribution in [0.4, 0.5) is 5.69 Å². The lowest BCUT2D eigenvalue weighted by Gasteiger charge is -2.41. The van der Waals surface area contributed by atoms with Gasteiger partial charge in [0.15, 0.2) is 0 Å². The molecule has 1 saturated heterocycles. The largest absolute Gasteiger partial charge is 0.448 e. The van der Waals surface area contributed by atoms with Crippen LogP contribution in [0.5, 0.6) is 0 Å². The molecular weight excluding hydrogens is 246 g/mol. The molecule has 1 aromatic carbocycles. The maximum absolute atomic E-state index is 6.14. The number of halogens is 1. The monoisotopic (exact) mass is 255 g/mol. The highest BCUT2D eigenvalue weighted by Gasteiger charge is 2.12. The molecule has 16 heavy (non-hydrogen) atoms. The molecule has 3 rings (SSSR count). The molecule has 0 radical (unpaired) electrons. The van der Waals surface area contributed by atoms with Crippen LogP contribution >= 0.6 is 23.3 Å². The van der Waals surface area contributed by atoms with Gasteiger partial charge in [0.25, 0.3) is 0 Å². The van der Waals surface area contributed by atoms with Crippen molar-refractivity contribution in [3.05, 3.63) is 22.6 Å². The third-order valence-electron chi connectivity index (χ3n) is 2.58. The fourth-order valence-corrected chi connectivity index (χ4v) is 2.36. The Bertz CT molecular complexity index is 510. The van der Waals surface area contributed by atoms with Gasteiger partial charge in [-0.15, -0.1) is 0 Å². The van der Waals surface area contributed by atoms with E-state index in [4.69, 9.17) is 11.6 Å². The maximum Gasteiger partial charge on any atom is 0.141 e. The summed E-state index contributed by atoms with van der Waals surface area (Å²) in [5.74, 6) is 0. The molecule has 1 aliphatic rings. The number of aromatic nitrogens is 2. The van der Waals surface area contributed by atoms with Crippen molar-refractivity contribution >= 4 is 40.0 Å². The molecule has 5 nitrogen and oxygen atoms in total. The van der Waals surface area contributed by atoms with Crippen molar-refractivity contribution in [1.82, 2.24) is 8.75 Å². The summed E-state index contributed by atoms with van der Waals surface area (Å²) in [6.45, 7) is 2.78. The zero-order valence-electron chi connectivity index (χ0n) is 8.40. The van der Waals surface area contributed by atoms with Crippen molar-refractivity contribution < 1.29 is 5.01 Å². The molecule has 2 aromatic rings. The number of anilines is 1. The van der Waals surface area contributed by atoms with Gasteiger partial charge in [-0.1, -0.05) is 18.1 Å². The summed E-state index contributed by atoms with van der Waals surface area (Å²) < 4.78 is 8.43. The zero-order valence-corrected chi connectivity index (χ0v) is 9.98. The first-order chi connectivity index (χ1) is 7.84. The summed E-state index contributed by atoms with van der Waals surface area (Å²) in [4.78, 5) is 0. The SMILES string of the molecule is Clc1ccc2nsnc2c1NC[NH+]1CC[N-]1. The molecule has 0 bridgehead atoms. The maximum atomic E-state index is 6.14. The number of nitrogens with zero attached hydrogens (tertiary/aromatic N) is 3. The summed E-state index contributed by atoms with van der Waals surface area (Å²) >= 11 is 7.34. The number of rotatable bonds is 3. The summed E-state index contributed by atoms with van der Waals surface area (Å²) in [5, 5.41) is 5.16. The first-order valence-corrected chi connectivity index (χ1v) is 6.12. The highest BCUT2D eigenvalue weighted by molar-refractivity contribution is 7.00. The van der Waals surface area contributed by atoms with Crippen molar-refractivity contribution in [2.45, 2.75) is 0 Å². The molecule has 0 spiro atoms. The summed E-state index contributed by atoms with van der Waals surface area (Å²) in [6.07, 6.45) is 0. The Morgan fingerprint density at radius 3 is 3.12 bits per heavy atom. The number of nitrogens with one attached hydrogen (secondary N) is 2. The molecule has 7 heteroatoms. The molecule has 2 heterocycles. The van der Waals surface area contributed by atoms with E-state index in [0.717, 1.165) is 36.5 Å². The Morgan fingerprint density at radius 1 is 1.50 bits per heavy atom. The van der Waals surface area contributed by atoms with Crippen LogP contribution in [-0.2, 0) is 0 Å². The Labute approximate surface area is 102 Å². The number of benzene rings is 1. The molecule has 1 fully saturated rings. The normalized spacial score (nSPS) is 19.7. The standard InChI is InChI=1S/C9H10ClN5S/c10-6-1-2-7-9(14-16-13-7)8(6)11-5-15-4-3-12-15/h1-2,11,15H,3-5H2. The van der Waals surface area contributed by atoms with Crippen LogP contribution in [-0.4, -0.2) is 28.5 Å². The predicted octanol–water partition coefficient (Wildman–Crippen LogP) is 0.901. The van der Waals surface area contributed by atoms with Gasteiger partial charge < -0.3 is 15.8 Å². The number of fused-ring (bicyclic) bond motifs is 1. The summed E-state index contributed by atoms with van der Waals surface area (Å²) in [6, 6.07) is 3.73. The molecule has 0 saturated carbocycles. The first kappa shape index (κ1) is 10.2. The minimum Gasteiger partial charge on any atom is -0.448 e. The third-order valence-corrected chi connectivity index (χ3v) is 3.44. The van der Waals surface area contributed by atoms with Crippen LogP contribution in [0.25, 0.3) is 16.5 Å².